The molecule has 8 heteroatoms. The molecule has 0 aliphatic rings. The Morgan fingerprint density at radius 3 is 2.52 bits per heavy atom. The fourth-order valence-electron chi connectivity index (χ4n) is 2.18. The maximum absolute atomic E-state index is 13.0. The van der Waals surface area contributed by atoms with Gasteiger partial charge in [0.1, 0.15) is 11.6 Å². The van der Waals surface area contributed by atoms with E-state index < -0.39 is 11.8 Å². The molecule has 0 fully saturated rings. The van der Waals surface area contributed by atoms with Crippen LogP contribution in [0.5, 0.6) is 5.75 Å². The number of amides is 2. The lowest BCUT2D eigenvalue weighted by Crippen LogP contribution is -2.31. The Labute approximate surface area is 158 Å². The SMILES string of the molecule is COc1ccc(C(=O)NC(=O)CSc2ncc(-c3ccc(F)cc3)o2)cc1. The second-order valence-electron chi connectivity index (χ2n) is 5.39. The summed E-state index contributed by atoms with van der Waals surface area (Å²) in [5, 5.41) is 2.58. The zero-order valence-corrected chi connectivity index (χ0v) is 15.1. The molecule has 1 heterocycles. The first-order valence-corrected chi connectivity index (χ1v) is 8.86. The summed E-state index contributed by atoms with van der Waals surface area (Å²) in [4.78, 5) is 28.0. The molecule has 3 aromatic rings. The van der Waals surface area contributed by atoms with E-state index in [1.165, 1.54) is 25.4 Å². The van der Waals surface area contributed by atoms with Gasteiger partial charge in [-0.05, 0) is 48.5 Å². The molecule has 3 rings (SSSR count). The summed E-state index contributed by atoms with van der Waals surface area (Å²) in [6.45, 7) is 0. The van der Waals surface area contributed by atoms with Gasteiger partial charge in [0.15, 0.2) is 5.76 Å². The molecular formula is C19H15FN2O4S. The zero-order valence-electron chi connectivity index (χ0n) is 14.3. The third-order valence-electron chi connectivity index (χ3n) is 3.55. The first-order chi connectivity index (χ1) is 13.0. The number of imide groups is 1. The molecule has 0 aliphatic carbocycles. The standard InChI is InChI=1S/C19H15FN2O4S/c1-25-15-8-4-13(5-9-15)18(24)22-17(23)11-27-19-21-10-16(26-19)12-2-6-14(20)7-3-12/h2-10H,11H2,1H3,(H,22,23,24). The van der Waals surface area contributed by atoms with E-state index in [-0.39, 0.29) is 16.8 Å². The van der Waals surface area contributed by atoms with Gasteiger partial charge in [0.05, 0.1) is 19.1 Å². The summed E-state index contributed by atoms with van der Waals surface area (Å²) >= 11 is 1.05. The van der Waals surface area contributed by atoms with Crippen LogP contribution in [-0.2, 0) is 4.79 Å². The number of thioether (sulfide) groups is 1. The molecule has 27 heavy (non-hydrogen) atoms. The number of oxazole rings is 1. The lowest BCUT2D eigenvalue weighted by Gasteiger charge is -2.04. The lowest BCUT2D eigenvalue weighted by atomic mass is 10.2. The molecule has 1 aromatic heterocycles. The predicted octanol–water partition coefficient (Wildman–Crippen LogP) is 3.54. The number of halogens is 1. The number of nitrogens with one attached hydrogen (secondary N) is 1. The van der Waals surface area contributed by atoms with Crippen molar-refractivity contribution in [1.82, 2.24) is 10.3 Å². The molecule has 0 aliphatic heterocycles. The molecule has 0 atom stereocenters. The fourth-order valence-corrected chi connectivity index (χ4v) is 2.78. The molecule has 0 unspecified atom stereocenters. The van der Waals surface area contributed by atoms with Crippen LogP contribution in [0.3, 0.4) is 0 Å². The Hall–Kier alpha value is -3.13. The minimum atomic E-state index is -0.498. The van der Waals surface area contributed by atoms with Gasteiger partial charge in [0, 0.05) is 11.1 Å². The van der Waals surface area contributed by atoms with Crippen LogP contribution in [0.4, 0.5) is 4.39 Å². The summed E-state index contributed by atoms with van der Waals surface area (Å²) in [6, 6.07) is 12.2. The quantitative estimate of drug-likeness (QED) is 0.653. The molecule has 0 saturated heterocycles. The number of carbonyl (C=O) groups excluding carboxylic acids is 2. The predicted molar refractivity (Wildman–Crippen MR) is 98.1 cm³/mol. The first kappa shape index (κ1) is 18.7. The topological polar surface area (TPSA) is 81.4 Å². The smallest absolute Gasteiger partial charge is 0.257 e. The Morgan fingerprint density at radius 2 is 1.85 bits per heavy atom. The lowest BCUT2D eigenvalue weighted by molar-refractivity contribution is -0.117. The van der Waals surface area contributed by atoms with Crippen molar-refractivity contribution in [1.29, 1.82) is 0 Å². The highest BCUT2D eigenvalue weighted by Gasteiger charge is 2.13. The average molecular weight is 386 g/mol. The number of nitrogens with zero attached hydrogens (tertiary/aromatic N) is 1. The second-order valence-corrected chi connectivity index (χ2v) is 6.32. The van der Waals surface area contributed by atoms with E-state index in [2.05, 4.69) is 10.3 Å². The van der Waals surface area contributed by atoms with Gasteiger partial charge in [-0.15, -0.1) is 0 Å². The molecule has 0 spiro atoms. The van der Waals surface area contributed by atoms with E-state index in [4.69, 9.17) is 9.15 Å². The highest BCUT2D eigenvalue weighted by Crippen LogP contribution is 2.25. The van der Waals surface area contributed by atoms with Crippen molar-refractivity contribution in [2.24, 2.45) is 0 Å². The van der Waals surface area contributed by atoms with Crippen LogP contribution >= 0.6 is 11.8 Å². The first-order valence-electron chi connectivity index (χ1n) is 7.88. The van der Waals surface area contributed by atoms with Crippen molar-refractivity contribution < 1.29 is 23.1 Å². The molecule has 6 nitrogen and oxygen atoms in total. The van der Waals surface area contributed by atoms with E-state index in [1.54, 1.807) is 36.4 Å². The van der Waals surface area contributed by atoms with Gasteiger partial charge < -0.3 is 9.15 Å². The Balaban J connectivity index is 1.53. The molecular weight excluding hydrogens is 371 g/mol. The van der Waals surface area contributed by atoms with Gasteiger partial charge >= 0.3 is 0 Å². The van der Waals surface area contributed by atoms with Gasteiger partial charge in [-0.3, -0.25) is 14.9 Å². The Bertz CT molecular complexity index is 939. The number of benzene rings is 2. The van der Waals surface area contributed by atoms with Gasteiger partial charge in [-0.1, -0.05) is 11.8 Å². The Kier molecular flexibility index (Phi) is 5.87. The monoisotopic (exact) mass is 386 g/mol. The number of hydrogen-bond donors (Lipinski definition) is 1. The maximum Gasteiger partial charge on any atom is 0.257 e. The largest absolute Gasteiger partial charge is 0.497 e. The second kappa shape index (κ2) is 8.50. The van der Waals surface area contributed by atoms with Crippen LogP contribution in [0.2, 0.25) is 0 Å². The van der Waals surface area contributed by atoms with E-state index >= 15 is 0 Å². The van der Waals surface area contributed by atoms with E-state index in [9.17, 15) is 14.0 Å². The number of methoxy groups -OCH3 is 1. The molecule has 1 N–H and O–H groups in total. The number of hydrogen-bond acceptors (Lipinski definition) is 6. The van der Waals surface area contributed by atoms with Crippen molar-refractivity contribution in [2.75, 3.05) is 12.9 Å². The molecule has 2 aromatic carbocycles. The highest BCUT2D eigenvalue weighted by molar-refractivity contribution is 7.99. The minimum absolute atomic E-state index is 0.0364. The average Bonchev–Trinajstić information content (AvgIpc) is 3.16. The Morgan fingerprint density at radius 1 is 1.15 bits per heavy atom. The summed E-state index contributed by atoms with van der Waals surface area (Å²) in [5.41, 5.74) is 1.03. The van der Waals surface area contributed by atoms with Gasteiger partial charge in [-0.2, -0.15) is 0 Å². The molecule has 0 radical (unpaired) electrons. The summed E-state index contributed by atoms with van der Waals surface area (Å²) in [6.07, 6.45) is 1.50. The molecule has 0 saturated carbocycles. The van der Waals surface area contributed by atoms with Crippen molar-refractivity contribution >= 4 is 23.6 Å². The summed E-state index contributed by atoms with van der Waals surface area (Å²) in [5.74, 6) is -0.261. The number of rotatable bonds is 6. The molecule has 0 bridgehead atoms. The van der Waals surface area contributed by atoms with Crippen molar-refractivity contribution in [3.05, 3.63) is 66.1 Å². The maximum atomic E-state index is 13.0. The zero-order chi connectivity index (χ0) is 19.2. The van der Waals surface area contributed by atoms with Crippen LogP contribution in [0, 0.1) is 5.82 Å². The number of aromatic nitrogens is 1. The number of carbonyl (C=O) groups is 2. The van der Waals surface area contributed by atoms with Crippen molar-refractivity contribution in [2.45, 2.75) is 5.22 Å². The minimum Gasteiger partial charge on any atom is -0.497 e. The fraction of sp³-hybridized carbons (Fsp3) is 0.105. The van der Waals surface area contributed by atoms with Crippen LogP contribution in [0.1, 0.15) is 10.4 Å². The van der Waals surface area contributed by atoms with E-state index in [0.29, 0.717) is 22.6 Å². The summed E-state index contributed by atoms with van der Waals surface area (Å²) < 4.78 is 23.5. The van der Waals surface area contributed by atoms with Gasteiger partial charge in [-0.25, -0.2) is 9.37 Å². The van der Waals surface area contributed by atoms with Crippen LogP contribution < -0.4 is 10.1 Å². The molecule has 2 amide bonds. The van der Waals surface area contributed by atoms with Gasteiger partial charge in [0.25, 0.3) is 11.1 Å². The third-order valence-corrected chi connectivity index (χ3v) is 4.39. The normalized spacial score (nSPS) is 10.4. The highest BCUT2D eigenvalue weighted by atomic mass is 32.2. The third kappa shape index (κ3) is 4.95. The van der Waals surface area contributed by atoms with Crippen molar-refractivity contribution in [3.8, 4) is 17.1 Å². The van der Waals surface area contributed by atoms with Crippen LogP contribution in [0.15, 0.2) is 64.4 Å². The summed E-state index contributed by atoms with van der Waals surface area (Å²) in [7, 11) is 1.53. The van der Waals surface area contributed by atoms with Crippen molar-refractivity contribution in [3.63, 3.8) is 0 Å². The van der Waals surface area contributed by atoms with Crippen LogP contribution in [0.25, 0.3) is 11.3 Å². The molecule has 138 valence electrons. The van der Waals surface area contributed by atoms with E-state index in [1.807, 2.05) is 0 Å². The van der Waals surface area contributed by atoms with Crippen LogP contribution in [-0.4, -0.2) is 29.7 Å². The van der Waals surface area contributed by atoms with Gasteiger partial charge in [0.2, 0.25) is 5.91 Å². The number of ether oxygens (including phenoxy) is 1. The van der Waals surface area contributed by atoms with E-state index in [0.717, 1.165) is 11.8 Å².